The number of benzene rings is 1. The van der Waals surface area contributed by atoms with Gasteiger partial charge in [0.25, 0.3) is 0 Å². The third-order valence-electron chi connectivity index (χ3n) is 7.22. The van der Waals surface area contributed by atoms with Crippen LogP contribution in [0.1, 0.15) is 36.9 Å². The number of alkyl halides is 3. The van der Waals surface area contributed by atoms with Gasteiger partial charge in [-0.15, -0.1) is 0 Å². The van der Waals surface area contributed by atoms with Crippen LogP contribution in [0.2, 0.25) is 0 Å². The summed E-state index contributed by atoms with van der Waals surface area (Å²) in [5.74, 6) is -1.37. The van der Waals surface area contributed by atoms with E-state index in [1.54, 1.807) is 12.3 Å². The number of ketones is 1. The molecule has 1 aromatic carbocycles. The molecule has 2 aromatic rings. The third-order valence-corrected chi connectivity index (χ3v) is 7.22. The molecule has 1 heterocycles. The van der Waals surface area contributed by atoms with Crippen molar-refractivity contribution in [2.45, 2.75) is 38.3 Å². The maximum Gasteiger partial charge on any atom is 0.450 e. The number of hydrogen-bond donors (Lipinski definition) is 0. The summed E-state index contributed by atoms with van der Waals surface area (Å²) in [6, 6.07) is 9.47. The van der Waals surface area contributed by atoms with Crippen molar-refractivity contribution in [2.75, 3.05) is 0 Å². The van der Waals surface area contributed by atoms with Crippen LogP contribution in [0.4, 0.5) is 13.2 Å². The number of carbonyl (C=O) groups is 1. The van der Waals surface area contributed by atoms with Gasteiger partial charge in [0.1, 0.15) is 11.8 Å². The Balaban J connectivity index is 1.51. The van der Waals surface area contributed by atoms with Crippen molar-refractivity contribution >= 4 is 16.6 Å². The molecule has 5 rings (SSSR count). The van der Waals surface area contributed by atoms with Gasteiger partial charge in [-0.25, -0.2) is 4.98 Å². The predicted octanol–water partition coefficient (Wildman–Crippen LogP) is 4.59. The summed E-state index contributed by atoms with van der Waals surface area (Å²) in [7, 11) is 0. The lowest BCUT2D eigenvalue weighted by atomic mass is 9.74. The van der Waals surface area contributed by atoms with Gasteiger partial charge < -0.3 is 0 Å². The van der Waals surface area contributed by atoms with E-state index >= 15 is 0 Å². The molecule has 27 heavy (non-hydrogen) atoms. The van der Waals surface area contributed by atoms with Crippen LogP contribution in [0, 0.1) is 34.0 Å². The molecule has 0 N–H and O–H groups in total. The first kappa shape index (κ1) is 16.7. The molecule has 0 saturated heterocycles. The highest BCUT2D eigenvalue weighted by molar-refractivity contribution is 5.97. The molecule has 3 aliphatic carbocycles. The Kier molecular flexibility index (Phi) is 3.16. The largest absolute Gasteiger partial charge is 0.450 e. The third kappa shape index (κ3) is 1.97. The molecule has 0 spiro atoms. The summed E-state index contributed by atoms with van der Waals surface area (Å²) in [5, 5.41) is 10.8. The second-order valence-corrected chi connectivity index (χ2v) is 8.17. The fourth-order valence-electron chi connectivity index (χ4n) is 6.22. The highest BCUT2D eigenvalue weighted by Gasteiger charge is 2.97. The van der Waals surface area contributed by atoms with E-state index in [2.05, 4.69) is 11.1 Å². The zero-order valence-corrected chi connectivity index (χ0v) is 14.5. The molecule has 3 saturated carbocycles. The van der Waals surface area contributed by atoms with Gasteiger partial charge in [0.15, 0.2) is 0 Å². The summed E-state index contributed by atoms with van der Waals surface area (Å²) in [6.07, 6.45) is 0.206. The Bertz CT molecular complexity index is 1020. The molecule has 3 nitrogen and oxygen atoms in total. The van der Waals surface area contributed by atoms with E-state index in [9.17, 15) is 18.0 Å². The van der Waals surface area contributed by atoms with Crippen LogP contribution < -0.4 is 0 Å². The first-order valence-electron chi connectivity index (χ1n) is 9.25. The van der Waals surface area contributed by atoms with Gasteiger partial charge >= 0.3 is 6.18 Å². The van der Waals surface area contributed by atoms with Crippen LogP contribution >= 0.6 is 0 Å². The zero-order valence-electron chi connectivity index (χ0n) is 14.5. The molecular formula is C21H17F3N2O. The number of halogens is 3. The van der Waals surface area contributed by atoms with Gasteiger partial charge in [-0.3, -0.25) is 4.79 Å². The van der Waals surface area contributed by atoms with Crippen LogP contribution in [0.25, 0.3) is 10.8 Å². The van der Waals surface area contributed by atoms with Crippen LogP contribution in [-0.2, 0) is 11.2 Å². The van der Waals surface area contributed by atoms with Crippen molar-refractivity contribution in [3.63, 3.8) is 0 Å². The second kappa shape index (κ2) is 5.09. The number of fused-ring (bicyclic) bond motifs is 3. The van der Waals surface area contributed by atoms with E-state index in [1.807, 2.05) is 18.2 Å². The number of aromatic nitrogens is 1. The molecule has 138 valence electrons. The predicted molar refractivity (Wildman–Crippen MR) is 91.5 cm³/mol. The van der Waals surface area contributed by atoms with Crippen molar-refractivity contribution in [2.24, 2.45) is 22.7 Å². The smallest absolute Gasteiger partial charge is 0.289 e. The van der Waals surface area contributed by atoms with E-state index in [0.29, 0.717) is 25.0 Å². The molecule has 3 fully saturated rings. The van der Waals surface area contributed by atoms with E-state index in [0.717, 1.165) is 29.2 Å². The molecule has 1 aromatic heterocycles. The molecule has 0 bridgehead atoms. The van der Waals surface area contributed by atoms with Gasteiger partial charge in [0.2, 0.25) is 5.78 Å². The Morgan fingerprint density at radius 2 is 2.11 bits per heavy atom. The Labute approximate surface area is 154 Å². The molecule has 3 aliphatic rings. The normalized spacial score (nSPS) is 33.7. The lowest BCUT2D eigenvalue weighted by Crippen LogP contribution is -2.40. The minimum Gasteiger partial charge on any atom is -0.289 e. The van der Waals surface area contributed by atoms with Crippen LogP contribution in [0.3, 0.4) is 0 Å². The Morgan fingerprint density at radius 1 is 1.30 bits per heavy atom. The molecular weight excluding hydrogens is 353 g/mol. The van der Waals surface area contributed by atoms with Crippen molar-refractivity contribution in [3.05, 3.63) is 41.7 Å². The number of Topliss-reactive ketones (excluding diaryl/α,β-unsaturated/α-hetero) is 1. The maximum atomic E-state index is 13.3. The van der Waals surface area contributed by atoms with E-state index in [4.69, 9.17) is 5.26 Å². The highest BCUT2D eigenvalue weighted by atomic mass is 19.4. The molecule has 0 amide bonds. The van der Waals surface area contributed by atoms with Gasteiger partial charge in [-0.1, -0.05) is 31.0 Å². The quantitative estimate of drug-likeness (QED) is 0.794. The number of rotatable bonds is 3. The number of nitriles is 1. The summed E-state index contributed by atoms with van der Waals surface area (Å²) in [4.78, 5) is 16.3. The van der Waals surface area contributed by atoms with E-state index in [1.165, 1.54) is 0 Å². The lowest BCUT2D eigenvalue weighted by Gasteiger charge is -2.29. The topological polar surface area (TPSA) is 53.8 Å². The van der Waals surface area contributed by atoms with Gasteiger partial charge in [-0.2, -0.15) is 18.4 Å². The van der Waals surface area contributed by atoms with Crippen LogP contribution in [0.15, 0.2) is 30.5 Å². The highest BCUT2D eigenvalue weighted by Crippen LogP contribution is 2.96. The number of hydrogen-bond acceptors (Lipinski definition) is 3. The fourth-order valence-corrected chi connectivity index (χ4v) is 6.22. The number of pyridine rings is 1. The van der Waals surface area contributed by atoms with Crippen LogP contribution in [0.5, 0.6) is 0 Å². The standard InChI is InChI=1S/C21H17F3N2O/c22-21(23,24)18(27)19-7-2-1-3-15-17(19)20(15,19)10-12-4-5-14-13(9-12)6-8-26-16(14)11-25/h4-6,8-9,15,17H,1-3,7,10H2. The van der Waals surface area contributed by atoms with Crippen molar-refractivity contribution in [3.8, 4) is 6.07 Å². The Hall–Kier alpha value is -2.42. The van der Waals surface area contributed by atoms with Crippen molar-refractivity contribution in [1.82, 2.24) is 4.98 Å². The van der Waals surface area contributed by atoms with Crippen LogP contribution in [-0.4, -0.2) is 16.9 Å². The SMILES string of the molecule is N#Cc1nccc2cc(CC34C5CCCCC3(C(=O)C(F)(F)F)C54)ccc12. The van der Waals surface area contributed by atoms with Crippen molar-refractivity contribution < 1.29 is 18.0 Å². The first-order chi connectivity index (χ1) is 12.9. The fraction of sp³-hybridized carbons (Fsp3) is 0.476. The Morgan fingerprint density at radius 3 is 2.85 bits per heavy atom. The van der Waals surface area contributed by atoms with E-state index < -0.39 is 22.8 Å². The summed E-state index contributed by atoms with van der Waals surface area (Å²) in [6.45, 7) is 0. The molecule has 4 atom stereocenters. The average Bonchev–Trinajstić information content (AvgIpc) is 3.48. The van der Waals surface area contributed by atoms with Crippen molar-refractivity contribution in [1.29, 1.82) is 5.26 Å². The number of nitrogens with zero attached hydrogens (tertiary/aromatic N) is 2. The minimum atomic E-state index is -4.76. The van der Waals surface area contributed by atoms with Gasteiger partial charge in [-0.05, 0) is 53.5 Å². The number of carbonyl (C=O) groups excluding carboxylic acids is 1. The monoisotopic (exact) mass is 370 g/mol. The van der Waals surface area contributed by atoms with Gasteiger partial charge in [0, 0.05) is 17.0 Å². The van der Waals surface area contributed by atoms with E-state index in [-0.39, 0.29) is 11.8 Å². The molecule has 4 unspecified atom stereocenters. The average molecular weight is 370 g/mol. The second-order valence-electron chi connectivity index (χ2n) is 8.17. The maximum absolute atomic E-state index is 13.3. The first-order valence-corrected chi connectivity index (χ1v) is 9.25. The summed E-state index contributed by atoms with van der Waals surface area (Å²) in [5.41, 5.74) is -0.416. The lowest BCUT2D eigenvalue weighted by molar-refractivity contribution is -0.181. The van der Waals surface area contributed by atoms with Gasteiger partial charge in [0.05, 0.1) is 0 Å². The molecule has 6 heteroatoms. The summed E-state index contributed by atoms with van der Waals surface area (Å²) < 4.78 is 39.8. The minimum absolute atomic E-state index is 0.107. The summed E-state index contributed by atoms with van der Waals surface area (Å²) >= 11 is 0. The molecule has 0 radical (unpaired) electrons. The molecule has 0 aliphatic heterocycles. The zero-order chi connectivity index (χ0) is 19.0.